The molecule has 10 heteroatoms. The highest BCUT2D eigenvalue weighted by atomic mass is 31.2. The minimum atomic E-state index is -4.35. The zero-order chi connectivity index (χ0) is 41.1. The van der Waals surface area contributed by atoms with Gasteiger partial charge < -0.3 is 19.7 Å². The fourth-order valence-corrected chi connectivity index (χ4v) is 7.54. The number of unbranched alkanes of at least 4 members (excludes halogenated alkanes) is 29. The molecule has 2 atom stereocenters. The zero-order valence-electron chi connectivity index (χ0n) is 36.9. The van der Waals surface area contributed by atoms with Crippen LogP contribution in [-0.2, 0) is 32.7 Å². The van der Waals surface area contributed by atoms with Gasteiger partial charge in [0.25, 0.3) is 0 Å². The summed E-state index contributed by atoms with van der Waals surface area (Å²) in [5, 5.41) is 2.83. The Balaban J connectivity index is 4.14. The molecule has 2 unspecified atom stereocenters. The smallest absolute Gasteiger partial charge is 0.462 e. The Kier molecular flexibility index (Phi) is 42.4. The molecule has 0 amide bonds. The lowest BCUT2D eigenvalue weighted by Crippen LogP contribution is -2.29. The first kappa shape index (κ1) is 54.8. The lowest BCUT2D eigenvalue weighted by atomic mass is 10.0. The van der Waals surface area contributed by atoms with Crippen LogP contribution in [0.15, 0.2) is 12.2 Å². The number of ether oxygens (including phenoxy) is 2. The van der Waals surface area contributed by atoms with Crippen LogP contribution in [0.4, 0.5) is 0 Å². The largest absolute Gasteiger partial charge is 0.472 e. The van der Waals surface area contributed by atoms with Crippen LogP contribution in [0.3, 0.4) is 0 Å². The first-order valence-electron chi connectivity index (χ1n) is 23.6. The van der Waals surface area contributed by atoms with Gasteiger partial charge in [-0.15, -0.1) is 0 Å². The predicted molar refractivity (Wildman–Crippen MR) is 234 cm³/mol. The van der Waals surface area contributed by atoms with Gasteiger partial charge in [0.1, 0.15) is 6.61 Å². The Bertz CT molecular complexity index is 933. The maximum Gasteiger partial charge on any atom is 0.472 e. The molecule has 0 rings (SSSR count). The highest BCUT2D eigenvalue weighted by Crippen LogP contribution is 2.43. The van der Waals surface area contributed by atoms with Gasteiger partial charge in [-0.2, -0.15) is 0 Å². The molecule has 0 spiro atoms. The number of likely N-dealkylation sites (N-methyl/N-ethyl adjacent to an activating group) is 1. The van der Waals surface area contributed by atoms with E-state index >= 15 is 0 Å². The van der Waals surface area contributed by atoms with Gasteiger partial charge in [-0.1, -0.05) is 193 Å². The van der Waals surface area contributed by atoms with Gasteiger partial charge in [0.15, 0.2) is 6.10 Å². The number of hydrogen-bond acceptors (Lipinski definition) is 8. The number of carbonyl (C=O) groups excluding carboxylic acids is 2. The van der Waals surface area contributed by atoms with Crippen molar-refractivity contribution < 1.29 is 37.6 Å². The molecule has 0 saturated heterocycles. The zero-order valence-corrected chi connectivity index (χ0v) is 37.7. The quantitative estimate of drug-likeness (QED) is 0.0268. The molecule has 332 valence electrons. The van der Waals surface area contributed by atoms with Gasteiger partial charge in [0, 0.05) is 19.4 Å². The van der Waals surface area contributed by atoms with Crippen LogP contribution in [0.5, 0.6) is 0 Å². The van der Waals surface area contributed by atoms with Crippen LogP contribution >= 0.6 is 7.82 Å². The fourth-order valence-electron chi connectivity index (χ4n) is 6.78. The minimum Gasteiger partial charge on any atom is -0.462 e. The normalized spacial score (nSPS) is 13.3. The van der Waals surface area contributed by atoms with Crippen molar-refractivity contribution in [2.75, 3.05) is 33.4 Å². The lowest BCUT2D eigenvalue weighted by molar-refractivity contribution is -0.161. The van der Waals surface area contributed by atoms with Gasteiger partial charge in [-0.3, -0.25) is 18.6 Å². The predicted octanol–water partition coefficient (Wildman–Crippen LogP) is 13.7. The summed E-state index contributed by atoms with van der Waals surface area (Å²) in [4.78, 5) is 35.1. The molecule has 0 aromatic heterocycles. The summed E-state index contributed by atoms with van der Waals surface area (Å²) in [5.74, 6) is -0.798. The van der Waals surface area contributed by atoms with Crippen molar-refractivity contribution in [1.29, 1.82) is 0 Å². The van der Waals surface area contributed by atoms with E-state index in [0.717, 1.165) is 44.9 Å². The second-order valence-corrected chi connectivity index (χ2v) is 17.4. The van der Waals surface area contributed by atoms with Crippen molar-refractivity contribution in [2.24, 2.45) is 0 Å². The topological polar surface area (TPSA) is 120 Å². The molecule has 0 aromatic rings. The van der Waals surface area contributed by atoms with Crippen LogP contribution in [0.2, 0.25) is 0 Å². The third kappa shape index (κ3) is 42.4. The molecule has 0 fully saturated rings. The van der Waals surface area contributed by atoms with Crippen LogP contribution in [0, 0.1) is 0 Å². The standard InChI is InChI=1S/C46H90NO8P/c1-4-6-8-10-12-14-16-18-20-22-24-26-28-30-32-34-36-38-45(48)52-42-44(43-54-56(50,51)53-41-40-47-3)55-46(49)39-37-35-33-31-29-27-25-23-21-19-17-15-13-11-9-7-5-2/h19,21,44,47H,4-18,20,22-43H2,1-3H3,(H,50,51)/b21-19-. The number of hydrogen-bond donors (Lipinski definition) is 2. The lowest BCUT2D eigenvalue weighted by Gasteiger charge is -2.20. The van der Waals surface area contributed by atoms with Crippen molar-refractivity contribution in [2.45, 2.75) is 238 Å². The molecule has 2 N–H and O–H groups in total. The van der Waals surface area contributed by atoms with Crippen LogP contribution in [-0.4, -0.2) is 56.3 Å². The molecular formula is C46H90NO8P. The Morgan fingerprint density at radius 3 is 1.32 bits per heavy atom. The number of nitrogens with one attached hydrogen (secondary N) is 1. The molecule has 0 aromatic carbocycles. The summed E-state index contributed by atoms with van der Waals surface area (Å²) in [7, 11) is -2.64. The Hall–Kier alpha value is -1.25. The molecular weight excluding hydrogens is 725 g/mol. The summed E-state index contributed by atoms with van der Waals surface area (Å²) in [6, 6.07) is 0. The Morgan fingerprint density at radius 1 is 0.536 bits per heavy atom. The van der Waals surface area contributed by atoms with Crippen LogP contribution in [0.1, 0.15) is 232 Å². The van der Waals surface area contributed by atoms with E-state index in [-0.39, 0.29) is 25.6 Å². The monoisotopic (exact) mass is 816 g/mol. The molecule has 56 heavy (non-hydrogen) atoms. The molecule has 0 aliphatic heterocycles. The first-order valence-corrected chi connectivity index (χ1v) is 25.1. The molecule has 9 nitrogen and oxygen atoms in total. The maximum absolute atomic E-state index is 12.6. The van der Waals surface area contributed by atoms with Gasteiger partial charge in [0.05, 0.1) is 13.2 Å². The van der Waals surface area contributed by atoms with E-state index in [1.165, 1.54) is 154 Å². The third-order valence-electron chi connectivity index (χ3n) is 10.4. The number of phosphoric acid groups is 1. The first-order chi connectivity index (χ1) is 27.3. The van der Waals surface area contributed by atoms with E-state index in [1.807, 2.05) is 0 Å². The number of rotatable bonds is 45. The molecule has 0 heterocycles. The highest BCUT2D eigenvalue weighted by molar-refractivity contribution is 7.47. The average molecular weight is 816 g/mol. The molecule has 0 bridgehead atoms. The van der Waals surface area contributed by atoms with E-state index < -0.39 is 26.5 Å². The third-order valence-corrected chi connectivity index (χ3v) is 11.4. The Morgan fingerprint density at radius 2 is 0.911 bits per heavy atom. The Labute approximate surface area is 345 Å². The summed E-state index contributed by atoms with van der Waals surface area (Å²) >= 11 is 0. The maximum atomic E-state index is 12.6. The van der Waals surface area contributed by atoms with Gasteiger partial charge in [0.2, 0.25) is 0 Å². The second kappa shape index (κ2) is 43.3. The van der Waals surface area contributed by atoms with E-state index in [0.29, 0.717) is 19.4 Å². The van der Waals surface area contributed by atoms with E-state index in [4.69, 9.17) is 18.5 Å². The van der Waals surface area contributed by atoms with E-state index in [9.17, 15) is 19.0 Å². The van der Waals surface area contributed by atoms with Gasteiger partial charge in [-0.25, -0.2) is 4.57 Å². The molecule has 0 radical (unpaired) electrons. The molecule has 0 saturated carbocycles. The SMILES string of the molecule is CCCCCCCC/C=C\CCCCCCCCCC(=O)OC(COC(=O)CCCCCCCCCCCCCCCCCCC)COP(=O)(O)OCCNC. The van der Waals surface area contributed by atoms with E-state index in [2.05, 4.69) is 31.3 Å². The average Bonchev–Trinajstić information content (AvgIpc) is 3.18. The number of carbonyl (C=O) groups is 2. The van der Waals surface area contributed by atoms with Crippen LogP contribution in [0.25, 0.3) is 0 Å². The summed E-state index contributed by atoms with van der Waals surface area (Å²) in [6.07, 6.45) is 43.9. The number of esters is 2. The van der Waals surface area contributed by atoms with Crippen molar-refractivity contribution >= 4 is 19.8 Å². The minimum absolute atomic E-state index is 0.0145. The summed E-state index contributed by atoms with van der Waals surface area (Å²) in [6.45, 7) is 4.26. The van der Waals surface area contributed by atoms with Crippen molar-refractivity contribution in [1.82, 2.24) is 5.32 Å². The summed E-state index contributed by atoms with van der Waals surface area (Å²) in [5.41, 5.74) is 0. The number of allylic oxidation sites excluding steroid dienone is 2. The van der Waals surface area contributed by atoms with Gasteiger partial charge in [-0.05, 0) is 45.6 Å². The number of phosphoric ester groups is 1. The summed E-state index contributed by atoms with van der Waals surface area (Å²) < 4.78 is 33.3. The van der Waals surface area contributed by atoms with Crippen LogP contribution < -0.4 is 5.32 Å². The van der Waals surface area contributed by atoms with Crippen molar-refractivity contribution in [3.05, 3.63) is 12.2 Å². The fraction of sp³-hybridized carbons (Fsp3) is 0.913. The molecule has 0 aliphatic rings. The molecule has 0 aliphatic carbocycles. The highest BCUT2D eigenvalue weighted by Gasteiger charge is 2.26. The van der Waals surface area contributed by atoms with E-state index in [1.54, 1.807) is 7.05 Å². The van der Waals surface area contributed by atoms with Crippen molar-refractivity contribution in [3.63, 3.8) is 0 Å². The van der Waals surface area contributed by atoms with Gasteiger partial charge >= 0.3 is 19.8 Å². The van der Waals surface area contributed by atoms with Crippen molar-refractivity contribution in [3.8, 4) is 0 Å². The second-order valence-electron chi connectivity index (χ2n) is 15.9.